The van der Waals surface area contributed by atoms with Gasteiger partial charge in [-0.1, -0.05) is 70.9 Å². The van der Waals surface area contributed by atoms with E-state index in [0.29, 0.717) is 23.8 Å². The molecule has 0 aliphatic heterocycles. The molecule has 4 rings (SSSR count). The minimum atomic E-state index is -0.882. The van der Waals surface area contributed by atoms with Gasteiger partial charge >= 0.3 is 0 Å². The normalized spacial score (nSPS) is 28.2. The molecule has 0 bridgehead atoms. The van der Waals surface area contributed by atoms with Crippen molar-refractivity contribution in [3.8, 4) is 0 Å². The number of benzene rings is 1. The average molecular weight is 543 g/mol. The number of hydrogen-bond acceptors (Lipinski definition) is 3. The number of allylic oxidation sites excluding steroid dienone is 5. The van der Waals surface area contributed by atoms with Gasteiger partial charge in [-0.05, 0) is 113 Å². The standard InChI is InChI=1S/C37H50O3/c1-20(2)13-14-22(5)15-27-16-28(21(3)4)29-18-35(10)19-36(11)17-23(6)30(26(9)38)34(40)37(36,12)25(8)32(35)33(39)31(29)24(27)7/h16,20-21H,5,13-15,17-19H2,1-4,6-12H3. The summed E-state index contributed by atoms with van der Waals surface area (Å²) in [6, 6.07) is 2.35. The summed E-state index contributed by atoms with van der Waals surface area (Å²) in [7, 11) is 0. The van der Waals surface area contributed by atoms with Crippen LogP contribution < -0.4 is 0 Å². The van der Waals surface area contributed by atoms with Crippen LogP contribution in [0.3, 0.4) is 0 Å². The largest absolute Gasteiger partial charge is 0.294 e. The maximum Gasteiger partial charge on any atom is 0.190 e. The van der Waals surface area contributed by atoms with Gasteiger partial charge in [-0.25, -0.2) is 0 Å². The highest BCUT2D eigenvalue weighted by Gasteiger charge is 2.63. The first-order valence-electron chi connectivity index (χ1n) is 15.2. The molecule has 0 radical (unpaired) electrons. The molecule has 3 atom stereocenters. The number of fused-ring (bicyclic) bond motifs is 3. The lowest BCUT2D eigenvalue weighted by atomic mass is 9.42. The van der Waals surface area contributed by atoms with Gasteiger partial charge in [-0.15, -0.1) is 0 Å². The van der Waals surface area contributed by atoms with Crippen LogP contribution in [0.1, 0.15) is 133 Å². The van der Waals surface area contributed by atoms with E-state index in [9.17, 15) is 14.4 Å². The van der Waals surface area contributed by atoms with Gasteiger partial charge in [0, 0.05) is 16.6 Å². The van der Waals surface area contributed by atoms with Crippen LogP contribution >= 0.6 is 0 Å². The number of rotatable bonds is 7. The lowest BCUT2D eigenvalue weighted by Crippen LogP contribution is -2.57. The van der Waals surface area contributed by atoms with Crippen molar-refractivity contribution < 1.29 is 14.4 Å². The monoisotopic (exact) mass is 542 g/mol. The topological polar surface area (TPSA) is 51.2 Å². The van der Waals surface area contributed by atoms with Gasteiger partial charge < -0.3 is 0 Å². The first-order valence-corrected chi connectivity index (χ1v) is 15.2. The van der Waals surface area contributed by atoms with Crippen molar-refractivity contribution in [1.82, 2.24) is 0 Å². The fraction of sp³-hybridized carbons (Fsp3) is 0.595. The smallest absolute Gasteiger partial charge is 0.190 e. The van der Waals surface area contributed by atoms with Crippen LogP contribution in [0.15, 0.2) is 40.5 Å². The molecule has 1 aromatic rings. The summed E-state index contributed by atoms with van der Waals surface area (Å²) in [6.07, 6.45) is 5.13. The van der Waals surface area contributed by atoms with Crippen molar-refractivity contribution >= 4 is 17.3 Å². The maximum absolute atomic E-state index is 14.8. The van der Waals surface area contributed by atoms with E-state index in [4.69, 9.17) is 0 Å². The Morgan fingerprint density at radius 3 is 2.20 bits per heavy atom. The quantitative estimate of drug-likeness (QED) is 0.255. The van der Waals surface area contributed by atoms with Crippen molar-refractivity contribution in [1.29, 1.82) is 0 Å². The summed E-state index contributed by atoms with van der Waals surface area (Å²) >= 11 is 0. The van der Waals surface area contributed by atoms with Gasteiger partial charge in [0.25, 0.3) is 0 Å². The molecule has 3 unspecified atom stereocenters. The summed E-state index contributed by atoms with van der Waals surface area (Å²) in [5.41, 5.74) is 8.07. The van der Waals surface area contributed by atoms with Crippen LogP contribution in [-0.4, -0.2) is 17.3 Å². The molecule has 0 N–H and O–H groups in total. The van der Waals surface area contributed by atoms with Crippen LogP contribution in [0.4, 0.5) is 0 Å². The number of Topliss-reactive ketones (excluding diaryl/α,β-unsaturated/α-hetero) is 3. The molecular weight excluding hydrogens is 492 g/mol. The third-order valence-electron chi connectivity index (χ3n) is 10.8. The van der Waals surface area contributed by atoms with Gasteiger partial charge in [0.05, 0.1) is 11.0 Å². The Balaban J connectivity index is 1.93. The molecule has 3 aliphatic rings. The van der Waals surface area contributed by atoms with E-state index < -0.39 is 5.41 Å². The van der Waals surface area contributed by atoms with Gasteiger partial charge in [0.1, 0.15) is 0 Å². The predicted molar refractivity (Wildman–Crippen MR) is 165 cm³/mol. The van der Waals surface area contributed by atoms with Gasteiger partial charge in [0.15, 0.2) is 17.3 Å². The Labute approximate surface area is 242 Å². The fourth-order valence-electron chi connectivity index (χ4n) is 8.61. The zero-order valence-corrected chi connectivity index (χ0v) is 26.9. The Bertz CT molecular complexity index is 1400. The summed E-state index contributed by atoms with van der Waals surface area (Å²) in [4.78, 5) is 41.5. The van der Waals surface area contributed by atoms with Crippen molar-refractivity contribution in [3.63, 3.8) is 0 Å². The lowest BCUT2D eigenvalue weighted by Gasteiger charge is -2.59. The van der Waals surface area contributed by atoms with Crippen LogP contribution in [-0.2, 0) is 22.4 Å². The lowest BCUT2D eigenvalue weighted by molar-refractivity contribution is -0.134. The van der Waals surface area contributed by atoms with E-state index in [1.54, 1.807) is 0 Å². The molecule has 216 valence electrons. The van der Waals surface area contributed by atoms with E-state index in [1.165, 1.54) is 29.2 Å². The molecule has 0 amide bonds. The SMILES string of the molecule is C=C(CCC(C)C)Cc1cc(C(C)C)c2c(c1C)C(=O)C1=C(C)C3(C)C(=O)C(C(C)=O)=C(C)CC3(C)CC1(C)C2. The van der Waals surface area contributed by atoms with Crippen LogP contribution in [0.25, 0.3) is 0 Å². The molecule has 0 spiro atoms. The average Bonchev–Trinajstić information content (AvgIpc) is 2.81. The van der Waals surface area contributed by atoms with E-state index in [0.717, 1.165) is 60.0 Å². The molecular formula is C37H50O3. The Morgan fingerprint density at radius 1 is 1.02 bits per heavy atom. The highest BCUT2D eigenvalue weighted by Crippen LogP contribution is 2.66. The molecule has 3 nitrogen and oxygen atoms in total. The third-order valence-corrected chi connectivity index (χ3v) is 10.8. The minimum Gasteiger partial charge on any atom is -0.294 e. The van der Waals surface area contributed by atoms with E-state index in [2.05, 4.69) is 61.1 Å². The van der Waals surface area contributed by atoms with Crippen molar-refractivity contribution in [2.45, 2.75) is 121 Å². The molecule has 40 heavy (non-hydrogen) atoms. The summed E-state index contributed by atoms with van der Waals surface area (Å²) < 4.78 is 0. The fourth-order valence-corrected chi connectivity index (χ4v) is 8.61. The molecule has 1 aromatic carbocycles. The molecule has 0 aromatic heterocycles. The first-order chi connectivity index (χ1) is 18.4. The third kappa shape index (κ3) is 4.43. The molecule has 0 saturated heterocycles. The number of carbonyl (C=O) groups is 3. The number of hydrogen-bond donors (Lipinski definition) is 0. The van der Waals surface area contributed by atoms with E-state index in [-0.39, 0.29) is 28.2 Å². The molecule has 0 heterocycles. The van der Waals surface area contributed by atoms with E-state index >= 15 is 0 Å². The predicted octanol–water partition coefficient (Wildman–Crippen LogP) is 9.01. The highest BCUT2D eigenvalue weighted by molar-refractivity contribution is 6.24. The van der Waals surface area contributed by atoms with E-state index in [1.807, 2.05) is 20.8 Å². The Hall–Kier alpha value is -2.55. The second kappa shape index (κ2) is 10.1. The zero-order valence-electron chi connectivity index (χ0n) is 26.9. The highest BCUT2D eigenvalue weighted by atomic mass is 16.2. The molecule has 3 heteroatoms. The number of carbonyl (C=O) groups excluding carboxylic acids is 3. The summed E-state index contributed by atoms with van der Waals surface area (Å²) in [6.45, 7) is 27.3. The number of ketones is 3. The van der Waals surface area contributed by atoms with Gasteiger partial charge in [0.2, 0.25) is 0 Å². The second-order valence-electron chi connectivity index (χ2n) is 14.8. The van der Waals surface area contributed by atoms with Crippen molar-refractivity contribution in [3.05, 3.63) is 68.3 Å². The Morgan fingerprint density at radius 2 is 1.65 bits per heavy atom. The minimum absolute atomic E-state index is 0.0852. The van der Waals surface area contributed by atoms with Gasteiger partial charge in [-0.3, -0.25) is 14.4 Å². The van der Waals surface area contributed by atoms with Crippen molar-refractivity contribution in [2.75, 3.05) is 0 Å². The summed E-state index contributed by atoms with van der Waals surface area (Å²) in [5.74, 6) is 0.736. The second-order valence-corrected chi connectivity index (χ2v) is 14.8. The van der Waals surface area contributed by atoms with Crippen LogP contribution in [0, 0.1) is 29.1 Å². The summed E-state index contributed by atoms with van der Waals surface area (Å²) in [5, 5.41) is 0. The zero-order chi connectivity index (χ0) is 30.1. The van der Waals surface area contributed by atoms with Crippen molar-refractivity contribution in [2.24, 2.45) is 22.2 Å². The maximum atomic E-state index is 14.8. The van der Waals surface area contributed by atoms with Gasteiger partial charge in [-0.2, -0.15) is 0 Å². The van der Waals surface area contributed by atoms with Crippen LogP contribution in [0.5, 0.6) is 0 Å². The Kier molecular flexibility index (Phi) is 7.65. The molecule has 3 aliphatic carbocycles. The van der Waals surface area contributed by atoms with Crippen LogP contribution in [0.2, 0.25) is 0 Å². The first kappa shape index (κ1) is 30.4. The molecule has 0 fully saturated rings. The molecule has 0 saturated carbocycles.